The number of carbonyl (C=O) groups excluding carboxylic acids is 1. The Kier molecular flexibility index (Phi) is 6.66. The molecule has 1 heterocycles. The lowest BCUT2D eigenvalue weighted by Gasteiger charge is -2.22. The van der Waals surface area contributed by atoms with E-state index in [1.165, 1.54) is 0 Å². The number of nitrogens with zero attached hydrogens (tertiary/aromatic N) is 1. The standard InChI is InChI=1S/C20H22N2O3.ClH/c1-14(12-21)22(2)20(23)19-10-9-18(25-19)13-24-17-8-7-15-5-3-4-6-16(15)11-17;/h3-11,14H,12-13,21H2,1-2H3;1H. The summed E-state index contributed by atoms with van der Waals surface area (Å²) in [5, 5.41) is 2.28. The fourth-order valence-corrected chi connectivity index (χ4v) is 2.51. The smallest absolute Gasteiger partial charge is 0.289 e. The van der Waals surface area contributed by atoms with Gasteiger partial charge in [-0.25, -0.2) is 0 Å². The second kappa shape index (κ2) is 8.74. The van der Waals surface area contributed by atoms with E-state index in [-0.39, 0.29) is 31.0 Å². The third-order valence-corrected chi connectivity index (χ3v) is 4.30. The summed E-state index contributed by atoms with van der Waals surface area (Å²) < 4.78 is 11.4. The van der Waals surface area contributed by atoms with Gasteiger partial charge in [-0.3, -0.25) is 4.79 Å². The molecule has 138 valence electrons. The number of furan rings is 1. The van der Waals surface area contributed by atoms with E-state index in [2.05, 4.69) is 6.07 Å². The second-order valence-corrected chi connectivity index (χ2v) is 6.06. The zero-order valence-corrected chi connectivity index (χ0v) is 15.7. The van der Waals surface area contributed by atoms with Crippen LogP contribution in [0.5, 0.6) is 5.75 Å². The minimum atomic E-state index is -0.185. The molecule has 0 bridgehead atoms. The Morgan fingerprint density at radius 3 is 2.62 bits per heavy atom. The van der Waals surface area contributed by atoms with Gasteiger partial charge >= 0.3 is 0 Å². The summed E-state index contributed by atoms with van der Waals surface area (Å²) in [5.74, 6) is 1.47. The molecule has 0 saturated heterocycles. The van der Waals surface area contributed by atoms with Gasteiger partial charge in [-0.15, -0.1) is 12.4 Å². The Morgan fingerprint density at radius 1 is 1.15 bits per heavy atom. The molecule has 1 amide bonds. The van der Waals surface area contributed by atoms with E-state index in [9.17, 15) is 4.79 Å². The molecule has 3 aromatic rings. The van der Waals surface area contributed by atoms with Gasteiger partial charge in [-0.05, 0) is 42.0 Å². The lowest BCUT2D eigenvalue weighted by atomic mass is 10.1. The first-order valence-electron chi connectivity index (χ1n) is 8.26. The van der Waals surface area contributed by atoms with E-state index in [0.717, 1.165) is 16.5 Å². The van der Waals surface area contributed by atoms with Crippen LogP contribution in [-0.2, 0) is 6.61 Å². The van der Waals surface area contributed by atoms with Gasteiger partial charge in [-0.1, -0.05) is 30.3 Å². The highest BCUT2D eigenvalue weighted by molar-refractivity contribution is 5.91. The molecule has 6 heteroatoms. The van der Waals surface area contributed by atoms with Crippen molar-refractivity contribution in [3.8, 4) is 5.75 Å². The number of carbonyl (C=O) groups is 1. The summed E-state index contributed by atoms with van der Waals surface area (Å²) in [4.78, 5) is 13.9. The molecule has 2 aromatic carbocycles. The fraction of sp³-hybridized carbons (Fsp3) is 0.250. The highest BCUT2D eigenvalue weighted by Crippen LogP contribution is 2.22. The quantitative estimate of drug-likeness (QED) is 0.711. The number of halogens is 1. The molecule has 5 nitrogen and oxygen atoms in total. The van der Waals surface area contributed by atoms with Crippen molar-refractivity contribution >= 4 is 29.1 Å². The first kappa shape index (κ1) is 19.8. The summed E-state index contributed by atoms with van der Waals surface area (Å²) in [6, 6.07) is 17.4. The van der Waals surface area contributed by atoms with E-state index >= 15 is 0 Å². The summed E-state index contributed by atoms with van der Waals surface area (Å²) in [7, 11) is 1.72. The largest absolute Gasteiger partial charge is 0.486 e. The number of rotatable bonds is 6. The van der Waals surface area contributed by atoms with Crippen molar-refractivity contribution in [2.75, 3.05) is 13.6 Å². The number of amides is 1. The van der Waals surface area contributed by atoms with Gasteiger partial charge in [-0.2, -0.15) is 0 Å². The van der Waals surface area contributed by atoms with Gasteiger partial charge < -0.3 is 19.8 Å². The molecule has 3 rings (SSSR count). The Morgan fingerprint density at radius 2 is 1.88 bits per heavy atom. The maximum absolute atomic E-state index is 12.3. The van der Waals surface area contributed by atoms with E-state index < -0.39 is 0 Å². The highest BCUT2D eigenvalue weighted by atomic mass is 35.5. The van der Waals surface area contributed by atoms with Crippen LogP contribution in [0.4, 0.5) is 0 Å². The molecule has 0 aliphatic heterocycles. The first-order valence-corrected chi connectivity index (χ1v) is 8.26. The zero-order valence-electron chi connectivity index (χ0n) is 14.8. The van der Waals surface area contributed by atoms with Gasteiger partial charge in [0.2, 0.25) is 0 Å². The van der Waals surface area contributed by atoms with Crippen LogP contribution in [-0.4, -0.2) is 30.4 Å². The van der Waals surface area contributed by atoms with E-state index in [1.807, 2.05) is 43.3 Å². The summed E-state index contributed by atoms with van der Waals surface area (Å²) in [6.07, 6.45) is 0. The number of hydrogen-bond acceptors (Lipinski definition) is 4. The molecule has 1 aromatic heterocycles. The van der Waals surface area contributed by atoms with Crippen LogP contribution in [0.25, 0.3) is 10.8 Å². The maximum atomic E-state index is 12.3. The maximum Gasteiger partial charge on any atom is 0.289 e. The summed E-state index contributed by atoms with van der Waals surface area (Å²) >= 11 is 0. The average Bonchev–Trinajstić information content (AvgIpc) is 3.13. The van der Waals surface area contributed by atoms with E-state index in [0.29, 0.717) is 18.1 Å². The molecular formula is C20H23ClN2O3. The van der Waals surface area contributed by atoms with Crippen LogP contribution in [0.15, 0.2) is 59.0 Å². The van der Waals surface area contributed by atoms with Crippen molar-refractivity contribution in [3.63, 3.8) is 0 Å². The Hall–Kier alpha value is -2.50. The predicted octanol–water partition coefficient (Wildman–Crippen LogP) is 3.85. The Labute approximate surface area is 159 Å². The van der Waals surface area contributed by atoms with Crippen LogP contribution in [0.3, 0.4) is 0 Å². The molecular weight excluding hydrogens is 352 g/mol. The zero-order chi connectivity index (χ0) is 17.8. The Bertz CT molecular complexity index is 878. The van der Waals surface area contributed by atoms with Gasteiger partial charge in [0.05, 0.1) is 0 Å². The van der Waals surface area contributed by atoms with Crippen LogP contribution in [0.1, 0.15) is 23.2 Å². The lowest BCUT2D eigenvalue weighted by Crippen LogP contribution is -2.39. The minimum absolute atomic E-state index is 0. The molecule has 0 radical (unpaired) electrons. The lowest BCUT2D eigenvalue weighted by molar-refractivity contribution is 0.0712. The van der Waals surface area contributed by atoms with E-state index in [4.69, 9.17) is 14.9 Å². The molecule has 1 atom stereocenters. The van der Waals surface area contributed by atoms with Crippen molar-refractivity contribution < 1.29 is 13.9 Å². The van der Waals surface area contributed by atoms with Crippen LogP contribution < -0.4 is 10.5 Å². The number of hydrogen-bond donors (Lipinski definition) is 1. The molecule has 0 saturated carbocycles. The number of likely N-dealkylation sites (N-methyl/N-ethyl adjacent to an activating group) is 1. The molecule has 0 aliphatic rings. The number of ether oxygens (including phenoxy) is 1. The fourth-order valence-electron chi connectivity index (χ4n) is 2.51. The second-order valence-electron chi connectivity index (χ2n) is 6.06. The van der Waals surface area contributed by atoms with Crippen molar-refractivity contribution in [1.29, 1.82) is 0 Å². The number of nitrogens with two attached hydrogens (primary N) is 1. The molecule has 0 aliphatic carbocycles. The predicted molar refractivity (Wildman–Crippen MR) is 105 cm³/mol. The van der Waals surface area contributed by atoms with Gasteiger partial charge in [0.25, 0.3) is 5.91 Å². The number of fused-ring (bicyclic) bond motifs is 1. The third kappa shape index (κ3) is 4.36. The monoisotopic (exact) mass is 374 g/mol. The number of benzene rings is 2. The van der Waals surface area contributed by atoms with Crippen molar-refractivity contribution in [1.82, 2.24) is 4.90 Å². The van der Waals surface area contributed by atoms with Crippen molar-refractivity contribution in [2.24, 2.45) is 5.73 Å². The summed E-state index contributed by atoms with van der Waals surface area (Å²) in [6.45, 7) is 2.56. The SMILES string of the molecule is CC(CN)N(C)C(=O)c1ccc(COc2ccc3ccccc3c2)o1.Cl. The first-order chi connectivity index (χ1) is 12.1. The average molecular weight is 375 g/mol. The summed E-state index contributed by atoms with van der Waals surface area (Å²) in [5.41, 5.74) is 5.60. The van der Waals surface area contributed by atoms with Crippen LogP contribution in [0.2, 0.25) is 0 Å². The molecule has 1 unspecified atom stereocenters. The molecule has 2 N–H and O–H groups in total. The molecule has 0 spiro atoms. The van der Waals surface area contributed by atoms with Gasteiger partial charge in [0, 0.05) is 19.6 Å². The normalized spacial score (nSPS) is 11.7. The topological polar surface area (TPSA) is 68.7 Å². The highest BCUT2D eigenvalue weighted by Gasteiger charge is 2.19. The molecule has 0 fully saturated rings. The minimum Gasteiger partial charge on any atom is -0.486 e. The third-order valence-electron chi connectivity index (χ3n) is 4.30. The Balaban J connectivity index is 0.00000243. The van der Waals surface area contributed by atoms with E-state index in [1.54, 1.807) is 24.1 Å². The van der Waals surface area contributed by atoms with Crippen molar-refractivity contribution in [2.45, 2.75) is 19.6 Å². The van der Waals surface area contributed by atoms with Crippen LogP contribution in [0, 0.1) is 0 Å². The molecule has 26 heavy (non-hydrogen) atoms. The van der Waals surface area contributed by atoms with Crippen molar-refractivity contribution in [3.05, 3.63) is 66.1 Å². The van der Waals surface area contributed by atoms with Gasteiger partial charge in [0.1, 0.15) is 18.1 Å². The van der Waals surface area contributed by atoms with Crippen LogP contribution >= 0.6 is 12.4 Å². The van der Waals surface area contributed by atoms with Gasteiger partial charge in [0.15, 0.2) is 5.76 Å².